The SMILES string of the molecule is Fc1ccc2nc(NCCC3=CCCC3)nn2c1. The predicted octanol–water partition coefficient (Wildman–Crippen LogP) is 2.78. The molecule has 0 bridgehead atoms. The molecule has 18 heavy (non-hydrogen) atoms. The highest BCUT2D eigenvalue weighted by atomic mass is 19.1. The Morgan fingerprint density at radius 2 is 2.33 bits per heavy atom. The summed E-state index contributed by atoms with van der Waals surface area (Å²) in [7, 11) is 0. The number of nitrogens with zero attached hydrogens (tertiary/aromatic N) is 3. The maximum atomic E-state index is 13.0. The number of anilines is 1. The van der Waals surface area contributed by atoms with Crippen molar-refractivity contribution in [3.05, 3.63) is 35.8 Å². The monoisotopic (exact) mass is 246 g/mol. The van der Waals surface area contributed by atoms with E-state index < -0.39 is 0 Å². The summed E-state index contributed by atoms with van der Waals surface area (Å²) in [5.74, 6) is 0.245. The normalized spacial score (nSPS) is 15.1. The van der Waals surface area contributed by atoms with Gasteiger partial charge in [0.1, 0.15) is 5.82 Å². The zero-order chi connectivity index (χ0) is 12.4. The van der Waals surface area contributed by atoms with E-state index in [1.54, 1.807) is 6.07 Å². The predicted molar refractivity (Wildman–Crippen MR) is 68.0 cm³/mol. The van der Waals surface area contributed by atoms with Gasteiger partial charge in [0.2, 0.25) is 5.95 Å². The second kappa shape index (κ2) is 4.76. The fourth-order valence-corrected chi connectivity index (χ4v) is 2.23. The van der Waals surface area contributed by atoms with Crippen LogP contribution < -0.4 is 5.32 Å². The molecule has 0 saturated carbocycles. The lowest BCUT2D eigenvalue weighted by Crippen LogP contribution is -2.03. The fraction of sp³-hybridized carbons (Fsp3) is 0.385. The van der Waals surface area contributed by atoms with Crippen LogP contribution in [0, 0.1) is 5.82 Å². The van der Waals surface area contributed by atoms with E-state index in [2.05, 4.69) is 21.5 Å². The van der Waals surface area contributed by atoms with Crippen molar-refractivity contribution in [1.82, 2.24) is 14.6 Å². The molecule has 0 radical (unpaired) electrons. The second-order valence-corrected chi connectivity index (χ2v) is 4.52. The van der Waals surface area contributed by atoms with Gasteiger partial charge in [-0.2, -0.15) is 4.98 Å². The quantitative estimate of drug-likeness (QED) is 0.843. The molecule has 1 N–H and O–H groups in total. The topological polar surface area (TPSA) is 42.2 Å². The number of fused-ring (bicyclic) bond motifs is 1. The van der Waals surface area contributed by atoms with Crippen molar-refractivity contribution >= 4 is 11.6 Å². The van der Waals surface area contributed by atoms with Crippen LogP contribution in [-0.2, 0) is 0 Å². The van der Waals surface area contributed by atoms with Gasteiger partial charge < -0.3 is 5.32 Å². The molecule has 0 amide bonds. The first-order valence-electron chi connectivity index (χ1n) is 6.25. The van der Waals surface area contributed by atoms with Gasteiger partial charge in [0.15, 0.2) is 5.65 Å². The molecule has 4 nitrogen and oxygen atoms in total. The first-order valence-corrected chi connectivity index (χ1v) is 6.25. The summed E-state index contributed by atoms with van der Waals surface area (Å²) < 4.78 is 14.4. The maximum Gasteiger partial charge on any atom is 0.243 e. The zero-order valence-corrected chi connectivity index (χ0v) is 10.1. The van der Waals surface area contributed by atoms with E-state index >= 15 is 0 Å². The van der Waals surface area contributed by atoms with Crippen molar-refractivity contribution in [3.8, 4) is 0 Å². The van der Waals surface area contributed by atoms with Crippen LogP contribution in [-0.4, -0.2) is 21.1 Å². The van der Waals surface area contributed by atoms with Gasteiger partial charge >= 0.3 is 0 Å². The van der Waals surface area contributed by atoms with Gasteiger partial charge in [-0.25, -0.2) is 8.91 Å². The van der Waals surface area contributed by atoms with E-state index in [0.29, 0.717) is 11.6 Å². The molecule has 0 aromatic carbocycles. The molecule has 3 rings (SSSR count). The summed E-state index contributed by atoms with van der Waals surface area (Å²) in [5, 5.41) is 7.35. The first kappa shape index (κ1) is 11.2. The molecule has 1 aliphatic carbocycles. The smallest absolute Gasteiger partial charge is 0.243 e. The van der Waals surface area contributed by atoms with Crippen LogP contribution in [0.25, 0.3) is 5.65 Å². The van der Waals surface area contributed by atoms with E-state index in [1.165, 1.54) is 41.6 Å². The van der Waals surface area contributed by atoms with Crippen LogP contribution in [0.15, 0.2) is 30.0 Å². The van der Waals surface area contributed by atoms with Gasteiger partial charge in [-0.1, -0.05) is 11.6 Å². The van der Waals surface area contributed by atoms with Gasteiger partial charge in [0.05, 0.1) is 6.20 Å². The summed E-state index contributed by atoms with van der Waals surface area (Å²) in [4.78, 5) is 4.27. The zero-order valence-electron chi connectivity index (χ0n) is 10.1. The molecule has 94 valence electrons. The van der Waals surface area contributed by atoms with Crippen LogP contribution in [0.1, 0.15) is 25.7 Å². The number of pyridine rings is 1. The van der Waals surface area contributed by atoms with Crippen molar-refractivity contribution in [2.75, 3.05) is 11.9 Å². The lowest BCUT2D eigenvalue weighted by molar-refractivity contribution is 0.615. The van der Waals surface area contributed by atoms with Crippen LogP contribution in [0.4, 0.5) is 10.3 Å². The van der Waals surface area contributed by atoms with E-state index in [1.807, 2.05) is 0 Å². The molecule has 2 heterocycles. The Labute approximate surface area is 105 Å². The Balaban J connectivity index is 1.63. The minimum Gasteiger partial charge on any atom is -0.353 e. The number of aromatic nitrogens is 3. The number of hydrogen-bond acceptors (Lipinski definition) is 3. The molecule has 0 atom stereocenters. The van der Waals surface area contributed by atoms with Gasteiger partial charge in [-0.15, -0.1) is 5.10 Å². The lowest BCUT2D eigenvalue weighted by Gasteiger charge is -2.02. The summed E-state index contributed by atoms with van der Waals surface area (Å²) in [6.07, 6.45) is 8.37. The molecule has 0 aliphatic heterocycles. The van der Waals surface area contributed by atoms with E-state index in [4.69, 9.17) is 0 Å². The van der Waals surface area contributed by atoms with Gasteiger partial charge in [0.25, 0.3) is 0 Å². The lowest BCUT2D eigenvalue weighted by atomic mass is 10.2. The summed E-state index contributed by atoms with van der Waals surface area (Å²) in [6.45, 7) is 0.825. The minimum atomic E-state index is -0.310. The molecule has 0 spiro atoms. The maximum absolute atomic E-state index is 13.0. The molecular weight excluding hydrogens is 231 g/mol. The van der Waals surface area contributed by atoms with Crippen molar-refractivity contribution < 1.29 is 4.39 Å². The number of rotatable bonds is 4. The Hall–Kier alpha value is -1.91. The standard InChI is InChI=1S/C13H15FN4/c14-11-5-6-12-16-13(17-18(12)9-11)15-8-7-10-3-1-2-4-10/h3,5-6,9H,1-2,4,7-8H2,(H,15,17). The van der Waals surface area contributed by atoms with Crippen molar-refractivity contribution in [2.45, 2.75) is 25.7 Å². The van der Waals surface area contributed by atoms with Gasteiger partial charge in [0, 0.05) is 6.54 Å². The summed E-state index contributed by atoms with van der Waals surface area (Å²) >= 11 is 0. The average molecular weight is 246 g/mol. The number of halogens is 1. The van der Waals surface area contributed by atoms with E-state index in [0.717, 1.165) is 13.0 Å². The van der Waals surface area contributed by atoms with Crippen LogP contribution in [0.3, 0.4) is 0 Å². The molecular formula is C13H15FN4. The third-order valence-electron chi connectivity index (χ3n) is 3.16. The third kappa shape index (κ3) is 2.34. The molecule has 2 aromatic heterocycles. The van der Waals surface area contributed by atoms with Crippen LogP contribution >= 0.6 is 0 Å². The third-order valence-corrected chi connectivity index (χ3v) is 3.16. The molecule has 5 heteroatoms. The average Bonchev–Trinajstić information content (AvgIpc) is 2.97. The van der Waals surface area contributed by atoms with Crippen LogP contribution in [0.2, 0.25) is 0 Å². The van der Waals surface area contributed by atoms with E-state index in [9.17, 15) is 4.39 Å². The minimum absolute atomic E-state index is 0.310. The Morgan fingerprint density at radius 1 is 1.39 bits per heavy atom. The number of nitrogens with one attached hydrogen (secondary N) is 1. The Kier molecular flexibility index (Phi) is 2.96. The molecule has 1 aliphatic rings. The first-order chi connectivity index (χ1) is 8.81. The molecule has 0 fully saturated rings. The molecule has 0 unspecified atom stereocenters. The van der Waals surface area contributed by atoms with Crippen LogP contribution in [0.5, 0.6) is 0 Å². The number of hydrogen-bond donors (Lipinski definition) is 1. The van der Waals surface area contributed by atoms with Crippen molar-refractivity contribution in [3.63, 3.8) is 0 Å². The van der Waals surface area contributed by atoms with Crippen molar-refractivity contribution in [2.24, 2.45) is 0 Å². The van der Waals surface area contributed by atoms with Crippen molar-refractivity contribution in [1.29, 1.82) is 0 Å². The highest BCUT2D eigenvalue weighted by molar-refractivity contribution is 5.43. The largest absolute Gasteiger partial charge is 0.353 e. The summed E-state index contributed by atoms with van der Waals surface area (Å²) in [5.41, 5.74) is 2.16. The Bertz CT molecular complexity index is 588. The molecule has 0 saturated heterocycles. The highest BCUT2D eigenvalue weighted by Gasteiger charge is 2.06. The fourth-order valence-electron chi connectivity index (χ4n) is 2.23. The second-order valence-electron chi connectivity index (χ2n) is 4.52. The van der Waals surface area contributed by atoms with E-state index in [-0.39, 0.29) is 5.82 Å². The summed E-state index contributed by atoms with van der Waals surface area (Å²) in [6, 6.07) is 3.00. The van der Waals surface area contributed by atoms with Gasteiger partial charge in [-0.05, 0) is 37.8 Å². The molecule has 2 aromatic rings. The Morgan fingerprint density at radius 3 is 3.17 bits per heavy atom. The highest BCUT2D eigenvalue weighted by Crippen LogP contribution is 2.20. The van der Waals surface area contributed by atoms with Gasteiger partial charge in [-0.3, -0.25) is 0 Å². The number of allylic oxidation sites excluding steroid dienone is 1.